The molecule has 0 bridgehead atoms. The van der Waals surface area contributed by atoms with E-state index in [1.807, 2.05) is 0 Å². The summed E-state index contributed by atoms with van der Waals surface area (Å²) in [5, 5.41) is 6.57. The molecule has 0 unspecified atom stereocenters. The largest absolute Gasteiger partial charge is 0.496 e. The van der Waals surface area contributed by atoms with E-state index >= 15 is 0 Å². The van der Waals surface area contributed by atoms with E-state index in [1.165, 1.54) is 14.2 Å². The Hall–Kier alpha value is -2.50. The Balaban J connectivity index is 2.16. The summed E-state index contributed by atoms with van der Waals surface area (Å²) < 4.78 is 15.3. The summed E-state index contributed by atoms with van der Waals surface area (Å²) in [6.07, 6.45) is 0. The predicted molar refractivity (Wildman–Crippen MR) is 72.0 cm³/mol. The van der Waals surface area contributed by atoms with Gasteiger partial charge in [-0.15, -0.1) is 0 Å². The Morgan fingerprint density at radius 1 is 1.30 bits per heavy atom. The van der Waals surface area contributed by atoms with Crippen molar-refractivity contribution in [1.29, 1.82) is 0 Å². The number of aromatic nitrogens is 1. The van der Waals surface area contributed by atoms with Crippen LogP contribution < -0.4 is 14.8 Å². The molecule has 2 rings (SSSR count). The van der Waals surface area contributed by atoms with Crippen LogP contribution in [0, 0.1) is 6.92 Å². The van der Waals surface area contributed by atoms with Gasteiger partial charge in [-0.2, -0.15) is 0 Å². The van der Waals surface area contributed by atoms with E-state index in [1.54, 1.807) is 31.2 Å². The fourth-order valence-electron chi connectivity index (χ4n) is 1.84. The highest BCUT2D eigenvalue weighted by Crippen LogP contribution is 2.27. The van der Waals surface area contributed by atoms with Crippen molar-refractivity contribution in [3.8, 4) is 11.5 Å². The lowest BCUT2D eigenvalue weighted by Gasteiger charge is -2.12. The maximum Gasteiger partial charge on any atom is 0.259 e. The van der Waals surface area contributed by atoms with Crippen molar-refractivity contribution in [2.45, 2.75) is 13.5 Å². The highest BCUT2D eigenvalue weighted by Gasteiger charge is 2.18. The number of benzene rings is 1. The highest BCUT2D eigenvalue weighted by atomic mass is 16.5. The van der Waals surface area contributed by atoms with Gasteiger partial charge in [-0.3, -0.25) is 4.79 Å². The molecular formula is C14H16N2O4. The summed E-state index contributed by atoms with van der Waals surface area (Å²) in [5.41, 5.74) is 1.02. The summed E-state index contributed by atoms with van der Waals surface area (Å²) in [6.45, 7) is 2.07. The van der Waals surface area contributed by atoms with Crippen LogP contribution in [0.1, 0.15) is 21.8 Å². The molecule has 0 aliphatic heterocycles. The van der Waals surface area contributed by atoms with Gasteiger partial charge in [0.05, 0.1) is 20.8 Å². The fraction of sp³-hybridized carbons (Fsp3) is 0.286. The van der Waals surface area contributed by atoms with Gasteiger partial charge in [-0.05, 0) is 19.1 Å². The Morgan fingerprint density at radius 3 is 2.45 bits per heavy atom. The van der Waals surface area contributed by atoms with Gasteiger partial charge in [-0.1, -0.05) is 11.2 Å². The molecule has 6 nitrogen and oxygen atoms in total. The van der Waals surface area contributed by atoms with Gasteiger partial charge >= 0.3 is 0 Å². The lowest BCUT2D eigenvalue weighted by molar-refractivity contribution is 0.0944. The van der Waals surface area contributed by atoms with Gasteiger partial charge in [0.25, 0.3) is 5.91 Å². The number of nitrogens with zero attached hydrogens (tertiary/aromatic N) is 1. The predicted octanol–water partition coefficient (Wildman–Crippen LogP) is 1.93. The van der Waals surface area contributed by atoms with Crippen LogP contribution in [0.2, 0.25) is 0 Å². The molecule has 2 aromatic rings. The van der Waals surface area contributed by atoms with Gasteiger partial charge in [0.2, 0.25) is 0 Å². The molecule has 20 heavy (non-hydrogen) atoms. The van der Waals surface area contributed by atoms with Crippen LogP contribution in [-0.2, 0) is 6.54 Å². The topological polar surface area (TPSA) is 73.6 Å². The first-order chi connectivity index (χ1) is 9.65. The van der Waals surface area contributed by atoms with Crippen molar-refractivity contribution in [3.63, 3.8) is 0 Å². The molecule has 0 fully saturated rings. The molecule has 1 aromatic heterocycles. The number of hydrogen-bond donors (Lipinski definition) is 1. The second-order valence-electron chi connectivity index (χ2n) is 4.15. The number of methoxy groups -OCH3 is 2. The smallest absolute Gasteiger partial charge is 0.259 e. The molecule has 1 N–H and O–H groups in total. The molecule has 1 amide bonds. The molecule has 0 radical (unpaired) electrons. The monoisotopic (exact) mass is 276 g/mol. The normalized spacial score (nSPS) is 10.2. The van der Waals surface area contributed by atoms with E-state index in [-0.39, 0.29) is 12.5 Å². The van der Waals surface area contributed by atoms with Crippen LogP contribution >= 0.6 is 0 Å². The molecule has 0 saturated heterocycles. The van der Waals surface area contributed by atoms with Crippen molar-refractivity contribution in [3.05, 3.63) is 41.3 Å². The van der Waals surface area contributed by atoms with Gasteiger partial charge in [-0.25, -0.2) is 0 Å². The summed E-state index contributed by atoms with van der Waals surface area (Å²) in [7, 11) is 3.01. The first-order valence-corrected chi connectivity index (χ1v) is 6.07. The number of rotatable bonds is 5. The van der Waals surface area contributed by atoms with Gasteiger partial charge in [0.15, 0.2) is 0 Å². The quantitative estimate of drug-likeness (QED) is 0.903. The SMILES string of the molecule is COc1cccc(OC)c1C(=O)NCc1cc(C)on1. The summed E-state index contributed by atoms with van der Waals surface area (Å²) in [6, 6.07) is 6.94. The number of aryl methyl sites for hydroxylation is 1. The van der Waals surface area contributed by atoms with E-state index in [0.29, 0.717) is 28.5 Å². The van der Waals surface area contributed by atoms with Crippen LogP contribution in [0.25, 0.3) is 0 Å². The minimum absolute atomic E-state index is 0.275. The average molecular weight is 276 g/mol. The summed E-state index contributed by atoms with van der Waals surface area (Å²) in [4.78, 5) is 12.3. The number of nitrogens with one attached hydrogen (secondary N) is 1. The molecule has 6 heteroatoms. The number of ether oxygens (including phenoxy) is 2. The lowest BCUT2D eigenvalue weighted by atomic mass is 10.1. The lowest BCUT2D eigenvalue weighted by Crippen LogP contribution is -2.24. The van der Waals surface area contributed by atoms with Gasteiger partial charge in [0.1, 0.15) is 28.5 Å². The van der Waals surface area contributed by atoms with Crippen LogP contribution in [0.3, 0.4) is 0 Å². The van der Waals surface area contributed by atoms with Crippen molar-refractivity contribution < 1.29 is 18.8 Å². The van der Waals surface area contributed by atoms with Crippen LogP contribution in [-0.4, -0.2) is 25.3 Å². The molecule has 106 valence electrons. The van der Waals surface area contributed by atoms with E-state index in [2.05, 4.69) is 10.5 Å². The highest BCUT2D eigenvalue weighted by molar-refractivity contribution is 5.99. The molecule has 0 saturated carbocycles. The molecular weight excluding hydrogens is 260 g/mol. The first kappa shape index (κ1) is 13.9. The zero-order chi connectivity index (χ0) is 14.5. The van der Waals surface area contributed by atoms with Crippen molar-refractivity contribution in [1.82, 2.24) is 10.5 Å². The van der Waals surface area contributed by atoms with Gasteiger partial charge in [0, 0.05) is 6.07 Å². The third-order valence-corrected chi connectivity index (χ3v) is 2.76. The van der Waals surface area contributed by atoms with E-state index < -0.39 is 0 Å². The first-order valence-electron chi connectivity index (χ1n) is 6.07. The molecule has 0 spiro atoms. The molecule has 1 aromatic carbocycles. The number of carbonyl (C=O) groups excluding carboxylic acids is 1. The second-order valence-corrected chi connectivity index (χ2v) is 4.15. The van der Waals surface area contributed by atoms with E-state index in [0.717, 1.165) is 0 Å². The van der Waals surface area contributed by atoms with Crippen molar-refractivity contribution >= 4 is 5.91 Å². The van der Waals surface area contributed by atoms with Crippen LogP contribution in [0.5, 0.6) is 11.5 Å². The van der Waals surface area contributed by atoms with Crippen LogP contribution in [0.4, 0.5) is 0 Å². The second kappa shape index (κ2) is 6.10. The number of hydrogen-bond acceptors (Lipinski definition) is 5. The van der Waals surface area contributed by atoms with Crippen molar-refractivity contribution in [2.75, 3.05) is 14.2 Å². The standard InChI is InChI=1S/C14H16N2O4/c1-9-7-10(16-20-9)8-15-14(17)13-11(18-2)5-4-6-12(13)19-3/h4-7H,8H2,1-3H3,(H,15,17). The zero-order valence-corrected chi connectivity index (χ0v) is 11.6. The van der Waals surface area contributed by atoms with E-state index in [9.17, 15) is 4.79 Å². The summed E-state index contributed by atoms with van der Waals surface area (Å²) >= 11 is 0. The Kier molecular flexibility index (Phi) is 4.24. The Labute approximate surface area is 116 Å². The van der Waals surface area contributed by atoms with E-state index in [4.69, 9.17) is 14.0 Å². The van der Waals surface area contributed by atoms with Crippen molar-refractivity contribution in [2.24, 2.45) is 0 Å². The fourth-order valence-corrected chi connectivity index (χ4v) is 1.84. The maximum atomic E-state index is 12.3. The summed E-state index contributed by atoms with van der Waals surface area (Å²) in [5.74, 6) is 1.32. The minimum Gasteiger partial charge on any atom is -0.496 e. The Bertz CT molecular complexity index is 585. The average Bonchev–Trinajstić information content (AvgIpc) is 2.89. The number of carbonyl (C=O) groups is 1. The maximum absolute atomic E-state index is 12.3. The Morgan fingerprint density at radius 2 is 1.95 bits per heavy atom. The molecule has 0 aliphatic rings. The van der Waals surface area contributed by atoms with Crippen LogP contribution in [0.15, 0.2) is 28.8 Å². The zero-order valence-electron chi connectivity index (χ0n) is 11.6. The molecule has 0 atom stereocenters. The van der Waals surface area contributed by atoms with Gasteiger partial charge < -0.3 is 19.3 Å². The number of amides is 1. The third kappa shape index (κ3) is 2.90. The molecule has 1 heterocycles. The third-order valence-electron chi connectivity index (χ3n) is 2.76. The molecule has 0 aliphatic carbocycles. The minimum atomic E-state index is -0.292.